The van der Waals surface area contributed by atoms with Gasteiger partial charge in [0.05, 0.1) is 24.2 Å². The van der Waals surface area contributed by atoms with Gasteiger partial charge in [-0.15, -0.1) is 11.8 Å². The third kappa shape index (κ3) is 2.91. The van der Waals surface area contributed by atoms with E-state index < -0.39 is 10.0 Å². The van der Waals surface area contributed by atoms with Gasteiger partial charge in [0, 0.05) is 12.3 Å². The Morgan fingerprint density at radius 1 is 1.16 bits per heavy atom. The lowest BCUT2D eigenvalue weighted by Gasteiger charge is -2.23. The van der Waals surface area contributed by atoms with Crippen molar-refractivity contribution in [2.45, 2.75) is 10.3 Å². The first-order valence-electron chi connectivity index (χ1n) is 7.60. The van der Waals surface area contributed by atoms with Crippen LogP contribution in [0.25, 0.3) is 11.0 Å². The minimum absolute atomic E-state index is 0.222. The summed E-state index contributed by atoms with van der Waals surface area (Å²) in [5.41, 5.74) is 1.99. The predicted molar refractivity (Wildman–Crippen MR) is 99.5 cm³/mol. The topological polar surface area (TPSA) is 72.4 Å². The summed E-state index contributed by atoms with van der Waals surface area (Å²) in [4.78, 5) is 0.222. The van der Waals surface area contributed by atoms with Crippen molar-refractivity contribution < 1.29 is 13.2 Å². The number of aromatic nitrogens is 2. The lowest BCUT2D eigenvalue weighted by molar-refractivity contribution is 0.413. The highest BCUT2D eigenvalue weighted by molar-refractivity contribution is 8.01. The molecule has 0 saturated carbocycles. The molecule has 0 unspecified atom stereocenters. The Labute approximate surface area is 154 Å². The molecule has 0 aliphatic carbocycles. The summed E-state index contributed by atoms with van der Waals surface area (Å²) in [6.07, 6.45) is 0. The summed E-state index contributed by atoms with van der Waals surface area (Å²) in [6.45, 7) is 0.470. The maximum absolute atomic E-state index is 13.3. The number of hydrogen-bond acceptors (Lipinski definition) is 7. The molecule has 4 rings (SSSR count). The lowest BCUT2D eigenvalue weighted by Crippen LogP contribution is -2.30. The molecule has 0 bridgehead atoms. The number of fused-ring (bicyclic) bond motifs is 1. The molecule has 0 amide bonds. The molecule has 1 atom stereocenters. The molecule has 1 aromatic heterocycles. The monoisotopic (exact) mass is 393 g/mol. The first-order chi connectivity index (χ1) is 12.1. The van der Waals surface area contributed by atoms with Gasteiger partial charge in [0.15, 0.2) is 0 Å². The van der Waals surface area contributed by atoms with Gasteiger partial charge in [0.25, 0.3) is 0 Å². The molecule has 0 N–H and O–H groups in total. The highest BCUT2D eigenvalue weighted by Crippen LogP contribution is 2.42. The molecule has 9 heteroatoms. The first-order valence-corrected chi connectivity index (χ1v) is 10.8. The van der Waals surface area contributed by atoms with Crippen molar-refractivity contribution in [2.24, 2.45) is 0 Å². The summed E-state index contributed by atoms with van der Waals surface area (Å²) in [6, 6.07) is 12.6. The number of methoxy groups -OCH3 is 1. The number of sulfonamides is 1. The summed E-state index contributed by atoms with van der Waals surface area (Å²) in [5.74, 6) is 1.50. The van der Waals surface area contributed by atoms with Gasteiger partial charge in [-0.1, -0.05) is 18.2 Å². The van der Waals surface area contributed by atoms with Crippen LogP contribution in [0, 0.1) is 0 Å². The Hall–Kier alpha value is -1.68. The van der Waals surface area contributed by atoms with Crippen LogP contribution in [0.2, 0.25) is 0 Å². The van der Waals surface area contributed by atoms with Gasteiger partial charge in [-0.3, -0.25) is 0 Å². The van der Waals surface area contributed by atoms with Crippen LogP contribution < -0.4 is 4.74 Å². The van der Waals surface area contributed by atoms with Crippen LogP contribution in [0.1, 0.15) is 10.9 Å². The van der Waals surface area contributed by atoms with E-state index in [2.05, 4.69) is 8.75 Å². The number of hydrogen-bond donors (Lipinski definition) is 0. The van der Waals surface area contributed by atoms with E-state index in [0.717, 1.165) is 28.8 Å². The first kappa shape index (κ1) is 16.8. The lowest BCUT2D eigenvalue weighted by atomic mass is 10.2. The van der Waals surface area contributed by atoms with Crippen molar-refractivity contribution >= 4 is 44.5 Å². The van der Waals surface area contributed by atoms with E-state index in [4.69, 9.17) is 4.74 Å². The number of rotatable bonds is 4. The molecule has 2 heterocycles. The van der Waals surface area contributed by atoms with Crippen LogP contribution in [-0.4, -0.2) is 40.9 Å². The van der Waals surface area contributed by atoms with Crippen molar-refractivity contribution in [3.8, 4) is 5.75 Å². The molecule has 1 aliphatic heterocycles. The van der Waals surface area contributed by atoms with Gasteiger partial charge in [-0.25, -0.2) is 8.42 Å². The normalized spacial score (nSPS) is 18.7. The van der Waals surface area contributed by atoms with Gasteiger partial charge >= 0.3 is 0 Å². The maximum Gasteiger partial charge on any atom is 0.246 e. The van der Waals surface area contributed by atoms with Crippen molar-refractivity contribution in [2.75, 3.05) is 19.4 Å². The molecule has 3 aromatic rings. The van der Waals surface area contributed by atoms with E-state index in [-0.39, 0.29) is 10.3 Å². The van der Waals surface area contributed by atoms with Crippen LogP contribution in [0.3, 0.4) is 0 Å². The molecular formula is C16H15N3O3S3. The van der Waals surface area contributed by atoms with E-state index >= 15 is 0 Å². The molecule has 1 fully saturated rings. The average molecular weight is 394 g/mol. The van der Waals surface area contributed by atoms with Crippen molar-refractivity contribution in [3.63, 3.8) is 0 Å². The Bertz CT molecular complexity index is 1000. The number of nitrogens with zero attached hydrogens (tertiary/aromatic N) is 3. The van der Waals surface area contributed by atoms with Gasteiger partial charge < -0.3 is 4.74 Å². The Balaban J connectivity index is 1.74. The Morgan fingerprint density at radius 2 is 1.96 bits per heavy atom. The maximum atomic E-state index is 13.3. The Kier molecular flexibility index (Phi) is 4.40. The Morgan fingerprint density at radius 3 is 2.72 bits per heavy atom. The number of thioether (sulfide) groups is 1. The van der Waals surface area contributed by atoms with Crippen LogP contribution >= 0.6 is 23.5 Å². The zero-order chi connectivity index (χ0) is 17.4. The van der Waals surface area contributed by atoms with Crippen LogP contribution in [0.5, 0.6) is 5.75 Å². The third-order valence-corrected chi connectivity index (χ3v) is 7.92. The van der Waals surface area contributed by atoms with Crippen LogP contribution in [-0.2, 0) is 10.0 Å². The van der Waals surface area contributed by atoms with Crippen LogP contribution in [0.4, 0.5) is 0 Å². The zero-order valence-electron chi connectivity index (χ0n) is 13.3. The van der Waals surface area contributed by atoms with Crippen LogP contribution in [0.15, 0.2) is 47.4 Å². The molecule has 0 radical (unpaired) electrons. The smallest absolute Gasteiger partial charge is 0.246 e. The molecule has 6 nitrogen and oxygen atoms in total. The largest absolute Gasteiger partial charge is 0.497 e. The van der Waals surface area contributed by atoms with E-state index in [1.807, 2.05) is 24.3 Å². The molecule has 1 saturated heterocycles. The molecular weight excluding hydrogens is 378 g/mol. The van der Waals surface area contributed by atoms with Crippen molar-refractivity contribution in [1.82, 2.24) is 13.1 Å². The minimum atomic E-state index is -3.66. The highest BCUT2D eigenvalue weighted by atomic mass is 32.2. The summed E-state index contributed by atoms with van der Waals surface area (Å²) in [7, 11) is -2.05. The SMILES string of the molecule is COc1ccc([C@@H]2SCCN2S(=O)(=O)c2cccc3nsnc23)cc1. The fraction of sp³-hybridized carbons (Fsp3) is 0.250. The van der Waals surface area contributed by atoms with E-state index in [0.29, 0.717) is 17.6 Å². The van der Waals surface area contributed by atoms with Crippen molar-refractivity contribution in [3.05, 3.63) is 48.0 Å². The van der Waals surface area contributed by atoms with E-state index in [1.165, 1.54) is 0 Å². The summed E-state index contributed by atoms with van der Waals surface area (Å²) in [5, 5.41) is -0.252. The number of ether oxygens (including phenoxy) is 1. The average Bonchev–Trinajstić information content (AvgIpc) is 3.30. The molecule has 130 valence electrons. The fourth-order valence-electron chi connectivity index (χ4n) is 2.85. The molecule has 0 spiro atoms. The van der Waals surface area contributed by atoms with Gasteiger partial charge in [0.1, 0.15) is 21.7 Å². The van der Waals surface area contributed by atoms with E-state index in [1.54, 1.807) is 41.4 Å². The standard InChI is InChI=1S/C16H15N3O3S3/c1-22-12-7-5-11(6-8-12)16-19(9-10-23-16)25(20,21)14-4-2-3-13-15(14)18-24-17-13/h2-8,16H,9-10H2,1H3/t16-/m0/s1. The minimum Gasteiger partial charge on any atom is -0.497 e. The molecule has 2 aromatic carbocycles. The summed E-state index contributed by atoms with van der Waals surface area (Å²) >= 11 is 2.64. The fourth-order valence-corrected chi connectivity index (χ4v) is 6.84. The summed E-state index contributed by atoms with van der Waals surface area (Å²) < 4.78 is 41.6. The number of benzene rings is 2. The third-order valence-electron chi connectivity index (χ3n) is 4.09. The van der Waals surface area contributed by atoms with Gasteiger partial charge in [-0.05, 0) is 29.8 Å². The van der Waals surface area contributed by atoms with Crippen molar-refractivity contribution in [1.29, 1.82) is 0 Å². The highest BCUT2D eigenvalue weighted by Gasteiger charge is 2.38. The second-order valence-corrected chi connectivity index (χ2v) is 9.08. The zero-order valence-corrected chi connectivity index (χ0v) is 15.8. The van der Waals surface area contributed by atoms with E-state index in [9.17, 15) is 8.42 Å². The van der Waals surface area contributed by atoms with Gasteiger partial charge in [0.2, 0.25) is 10.0 Å². The second-order valence-electron chi connectivity index (χ2n) is 5.50. The second kappa shape index (κ2) is 6.56. The molecule has 1 aliphatic rings. The predicted octanol–water partition coefficient (Wildman–Crippen LogP) is 3.14. The van der Waals surface area contributed by atoms with Gasteiger partial charge in [-0.2, -0.15) is 13.1 Å². The molecule has 25 heavy (non-hydrogen) atoms. The quantitative estimate of drug-likeness (QED) is 0.678.